The molecule has 0 spiro atoms. The van der Waals surface area contributed by atoms with Gasteiger partial charge in [-0.1, -0.05) is 31.2 Å². The summed E-state index contributed by atoms with van der Waals surface area (Å²) in [6.45, 7) is 3.61. The number of aryl methyl sites for hydroxylation is 1. The first-order valence-corrected chi connectivity index (χ1v) is 6.12. The van der Waals surface area contributed by atoms with Crippen molar-refractivity contribution in [3.8, 4) is 0 Å². The summed E-state index contributed by atoms with van der Waals surface area (Å²) in [7, 11) is 1.98. The Morgan fingerprint density at radius 1 is 1.35 bits per heavy atom. The second-order valence-electron chi connectivity index (χ2n) is 4.87. The number of benzene rings is 1. The molecule has 0 aliphatic carbocycles. The summed E-state index contributed by atoms with van der Waals surface area (Å²) in [5.74, 6) is -0.824. The van der Waals surface area contributed by atoms with Crippen molar-refractivity contribution in [2.45, 2.75) is 19.3 Å². The SMILES string of the molecule is CCc1ccc(C2CN(C)CC2C(=O)O)cc1. The lowest BCUT2D eigenvalue weighted by Crippen LogP contribution is -2.21. The van der Waals surface area contributed by atoms with E-state index >= 15 is 0 Å². The molecule has 0 aromatic heterocycles. The van der Waals surface area contributed by atoms with Gasteiger partial charge in [0.25, 0.3) is 0 Å². The van der Waals surface area contributed by atoms with Gasteiger partial charge in [-0.3, -0.25) is 4.79 Å². The molecule has 3 nitrogen and oxygen atoms in total. The molecule has 0 radical (unpaired) electrons. The number of rotatable bonds is 3. The van der Waals surface area contributed by atoms with Crippen molar-refractivity contribution in [3.05, 3.63) is 35.4 Å². The first-order valence-electron chi connectivity index (χ1n) is 6.12. The number of aliphatic carboxylic acids is 1. The van der Waals surface area contributed by atoms with Gasteiger partial charge in [-0.15, -0.1) is 0 Å². The van der Waals surface area contributed by atoms with Gasteiger partial charge in [0.15, 0.2) is 0 Å². The smallest absolute Gasteiger partial charge is 0.308 e. The van der Waals surface area contributed by atoms with Crippen molar-refractivity contribution in [2.75, 3.05) is 20.1 Å². The van der Waals surface area contributed by atoms with E-state index in [9.17, 15) is 9.90 Å². The van der Waals surface area contributed by atoms with Crippen LogP contribution in [0.1, 0.15) is 24.0 Å². The highest BCUT2D eigenvalue weighted by Gasteiger charge is 2.36. The molecule has 2 atom stereocenters. The zero-order valence-corrected chi connectivity index (χ0v) is 10.4. The van der Waals surface area contributed by atoms with E-state index in [1.807, 2.05) is 7.05 Å². The van der Waals surface area contributed by atoms with Crippen molar-refractivity contribution >= 4 is 5.97 Å². The van der Waals surface area contributed by atoms with E-state index < -0.39 is 5.97 Å². The Labute approximate surface area is 102 Å². The Morgan fingerprint density at radius 3 is 2.53 bits per heavy atom. The predicted molar refractivity (Wildman–Crippen MR) is 67.2 cm³/mol. The Hall–Kier alpha value is -1.35. The average molecular weight is 233 g/mol. The molecule has 17 heavy (non-hydrogen) atoms. The Morgan fingerprint density at radius 2 is 2.00 bits per heavy atom. The summed E-state index contributed by atoms with van der Waals surface area (Å²) >= 11 is 0. The maximum atomic E-state index is 11.2. The normalized spacial score (nSPS) is 25.1. The molecular weight excluding hydrogens is 214 g/mol. The largest absolute Gasteiger partial charge is 0.481 e. The highest BCUT2D eigenvalue weighted by molar-refractivity contribution is 5.72. The zero-order valence-electron chi connectivity index (χ0n) is 10.4. The zero-order chi connectivity index (χ0) is 12.4. The van der Waals surface area contributed by atoms with E-state index in [2.05, 4.69) is 36.1 Å². The van der Waals surface area contributed by atoms with E-state index in [0.717, 1.165) is 18.5 Å². The minimum atomic E-state index is -0.682. The van der Waals surface area contributed by atoms with Crippen LogP contribution in [0.25, 0.3) is 0 Å². The minimum absolute atomic E-state index is 0.128. The standard InChI is InChI=1S/C14H19NO2/c1-3-10-4-6-11(7-5-10)12-8-15(2)9-13(12)14(16)17/h4-7,12-13H,3,8-9H2,1-2H3,(H,16,17). The van der Waals surface area contributed by atoms with Gasteiger partial charge in [-0.2, -0.15) is 0 Å². The van der Waals surface area contributed by atoms with Gasteiger partial charge in [0, 0.05) is 19.0 Å². The quantitative estimate of drug-likeness (QED) is 0.867. The van der Waals surface area contributed by atoms with Crippen LogP contribution in [-0.4, -0.2) is 36.1 Å². The van der Waals surface area contributed by atoms with Crippen molar-refractivity contribution in [2.24, 2.45) is 5.92 Å². The van der Waals surface area contributed by atoms with Crippen molar-refractivity contribution in [1.29, 1.82) is 0 Å². The third-order valence-corrected chi connectivity index (χ3v) is 3.64. The lowest BCUT2D eigenvalue weighted by atomic mass is 9.88. The number of nitrogens with zero attached hydrogens (tertiary/aromatic N) is 1. The van der Waals surface area contributed by atoms with Crippen LogP contribution in [0.2, 0.25) is 0 Å². The van der Waals surface area contributed by atoms with Gasteiger partial charge in [0.05, 0.1) is 5.92 Å². The van der Waals surface area contributed by atoms with Gasteiger partial charge in [0.1, 0.15) is 0 Å². The van der Waals surface area contributed by atoms with Crippen molar-refractivity contribution < 1.29 is 9.90 Å². The lowest BCUT2D eigenvalue weighted by Gasteiger charge is -2.15. The van der Waals surface area contributed by atoms with Crippen LogP contribution in [0, 0.1) is 5.92 Å². The molecule has 1 saturated heterocycles. The van der Waals surface area contributed by atoms with E-state index in [1.165, 1.54) is 5.56 Å². The summed E-state index contributed by atoms with van der Waals surface area (Å²) in [4.78, 5) is 13.3. The summed E-state index contributed by atoms with van der Waals surface area (Å²) in [6, 6.07) is 8.37. The highest BCUT2D eigenvalue weighted by Crippen LogP contribution is 2.32. The molecule has 2 rings (SSSR count). The predicted octanol–water partition coefficient (Wildman–Crippen LogP) is 1.98. The molecule has 2 unspecified atom stereocenters. The second kappa shape index (κ2) is 4.88. The number of carbonyl (C=O) groups is 1. The molecule has 0 saturated carbocycles. The maximum Gasteiger partial charge on any atom is 0.308 e. The van der Waals surface area contributed by atoms with Crippen LogP contribution >= 0.6 is 0 Å². The maximum absolute atomic E-state index is 11.2. The third-order valence-electron chi connectivity index (χ3n) is 3.64. The first-order chi connectivity index (χ1) is 8.11. The molecule has 1 fully saturated rings. The van der Waals surface area contributed by atoms with E-state index in [1.54, 1.807) is 0 Å². The topological polar surface area (TPSA) is 40.5 Å². The lowest BCUT2D eigenvalue weighted by molar-refractivity contribution is -0.141. The molecule has 1 aromatic rings. The van der Waals surface area contributed by atoms with Gasteiger partial charge in [-0.05, 0) is 24.6 Å². The van der Waals surface area contributed by atoms with Gasteiger partial charge in [0.2, 0.25) is 0 Å². The average Bonchev–Trinajstić information content (AvgIpc) is 2.72. The molecule has 0 amide bonds. The Balaban J connectivity index is 2.22. The van der Waals surface area contributed by atoms with Crippen LogP contribution in [-0.2, 0) is 11.2 Å². The van der Waals surface area contributed by atoms with E-state index in [4.69, 9.17) is 0 Å². The number of likely N-dealkylation sites (N-methyl/N-ethyl adjacent to an activating group) is 1. The molecule has 0 bridgehead atoms. The van der Waals surface area contributed by atoms with E-state index in [-0.39, 0.29) is 11.8 Å². The van der Waals surface area contributed by atoms with E-state index in [0.29, 0.717) is 6.54 Å². The molecule has 1 aromatic carbocycles. The molecule has 1 aliphatic rings. The van der Waals surface area contributed by atoms with Crippen LogP contribution in [0.4, 0.5) is 0 Å². The van der Waals surface area contributed by atoms with Gasteiger partial charge >= 0.3 is 5.97 Å². The van der Waals surface area contributed by atoms with Crippen LogP contribution in [0.5, 0.6) is 0 Å². The van der Waals surface area contributed by atoms with Gasteiger partial charge in [-0.25, -0.2) is 0 Å². The van der Waals surface area contributed by atoms with Crippen molar-refractivity contribution in [3.63, 3.8) is 0 Å². The summed E-state index contributed by atoms with van der Waals surface area (Å²) < 4.78 is 0. The fourth-order valence-corrected chi connectivity index (χ4v) is 2.59. The molecule has 3 heteroatoms. The fraction of sp³-hybridized carbons (Fsp3) is 0.500. The number of likely N-dealkylation sites (tertiary alicyclic amines) is 1. The van der Waals surface area contributed by atoms with Crippen LogP contribution < -0.4 is 0 Å². The number of carboxylic acid groups (broad SMARTS) is 1. The third kappa shape index (κ3) is 2.50. The number of carboxylic acids is 1. The summed E-state index contributed by atoms with van der Waals surface area (Å²) in [6.07, 6.45) is 1.02. The number of hydrogen-bond donors (Lipinski definition) is 1. The molecule has 1 N–H and O–H groups in total. The molecular formula is C14H19NO2. The summed E-state index contributed by atoms with van der Waals surface area (Å²) in [5.41, 5.74) is 2.45. The second-order valence-corrected chi connectivity index (χ2v) is 4.87. The van der Waals surface area contributed by atoms with Crippen LogP contribution in [0.15, 0.2) is 24.3 Å². The fourth-order valence-electron chi connectivity index (χ4n) is 2.59. The minimum Gasteiger partial charge on any atom is -0.481 e. The summed E-state index contributed by atoms with van der Waals surface area (Å²) in [5, 5.41) is 9.24. The Kier molecular flexibility index (Phi) is 3.48. The Bertz CT molecular complexity index is 399. The molecule has 92 valence electrons. The first kappa shape index (κ1) is 12.1. The highest BCUT2D eigenvalue weighted by atomic mass is 16.4. The van der Waals surface area contributed by atoms with Crippen LogP contribution in [0.3, 0.4) is 0 Å². The number of hydrogen-bond acceptors (Lipinski definition) is 2. The molecule has 1 aliphatic heterocycles. The van der Waals surface area contributed by atoms with Gasteiger partial charge < -0.3 is 10.0 Å². The molecule has 1 heterocycles. The van der Waals surface area contributed by atoms with Crippen molar-refractivity contribution in [1.82, 2.24) is 4.90 Å². The monoisotopic (exact) mass is 233 g/mol.